The summed E-state index contributed by atoms with van der Waals surface area (Å²) in [4.78, 5) is 22.0. The van der Waals surface area contributed by atoms with Gasteiger partial charge in [0, 0.05) is 18.3 Å². The van der Waals surface area contributed by atoms with Gasteiger partial charge in [-0.05, 0) is 25.8 Å². The van der Waals surface area contributed by atoms with Crippen LogP contribution in [0.5, 0.6) is 0 Å². The van der Waals surface area contributed by atoms with Crippen LogP contribution in [0.1, 0.15) is 25.5 Å². The van der Waals surface area contributed by atoms with E-state index in [1.807, 2.05) is 13.8 Å². The van der Waals surface area contributed by atoms with Crippen molar-refractivity contribution in [3.8, 4) is 0 Å². The van der Waals surface area contributed by atoms with Crippen molar-refractivity contribution in [2.45, 2.75) is 32.4 Å². The molecule has 5 heteroatoms. The van der Waals surface area contributed by atoms with Gasteiger partial charge < -0.3 is 15.4 Å². The molecule has 0 fully saturated rings. The first kappa shape index (κ1) is 12.4. The van der Waals surface area contributed by atoms with Gasteiger partial charge in [0.1, 0.15) is 6.04 Å². The highest BCUT2D eigenvalue weighted by atomic mass is 16.4. The van der Waals surface area contributed by atoms with Crippen molar-refractivity contribution in [2.75, 3.05) is 0 Å². The Balaban J connectivity index is 2.95. The Bertz CT molecular complexity index is 437. The van der Waals surface area contributed by atoms with E-state index in [0.717, 1.165) is 5.56 Å². The summed E-state index contributed by atoms with van der Waals surface area (Å²) in [5.41, 5.74) is 6.08. The van der Waals surface area contributed by atoms with E-state index in [1.54, 1.807) is 16.8 Å². The summed E-state index contributed by atoms with van der Waals surface area (Å²) < 4.78 is 1.56. The summed E-state index contributed by atoms with van der Waals surface area (Å²) in [5.74, 6) is -1.04. The molecule has 0 aliphatic rings. The van der Waals surface area contributed by atoms with E-state index >= 15 is 0 Å². The molecule has 0 radical (unpaired) electrons. The third kappa shape index (κ3) is 2.93. The summed E-state index contributed by atoms with van der Waals surface area (Å²) >= 11 is 0. The minimum Gasteiger partial charge on any atom is -0.480 e. The van der Waals surface area contributed by atoms with Crippen molar-refractivity contribution in [2.24, 2.45) is 5.73 Å². The molecule has 0 spiro atoms. The van der Waals surface area contributed by atoms with Crippen LogP contribution in [0.25, 0.3) is 0 Å². The number of carbonyl (C=O) groups is 1. The van der Waals surface area contributed by atoms with Crippen LogP contribution >= 0.6 is 0 Å². The topological polar surface area (TPSA) is 85.3 Å². The van der Waals surface area contributed by atoms with E-state index in [4.69, 9.17) is 10.8 Å². The van der Waals surface area contributed by atoms with E-state index in [-0.39, 0.29) is 18.0 Å². The van der Waals surface area contributed by atoms with Gasteiger partial charge in [-0.2, -0.15) is 0 Å². The lowest BCUT2D eigenvalue weighted by Gasteiger charge is -2.12. The molecule has 0 aliphatic carbocycles. The van der Waals surface area contributed by atoms with Crippen LogP contribution in [0.4, 0.5) is 0 Å². The Hall–Kier alpha value is -1.62. The van der Waals surface area contributed by atoms with E-state index in [9.17, 15) is 9.59 Å². The number of nitrogens with zero attached hydrogens (tertiary/aromatic N) is 1. The van der Waals surface area contributed by atoms with E-state index < -0.39 is 12.0 Å². The predicted octanol–water partition coefficient (Wildman–Crippen LogP) is 0.384. The summed E-state index contributed by atoms with van der Waals surface area (Å²) in [6.07, 6.45) is 1.89. The molecule has 1 rings (SSSR count). The summed E-state index contributed by atoms with van der Waals surface area (Å²) in [7, 11) is 0. The van der Waals surface area contributed by atoms with Crippen LogP contribution in [0.3, 0.4) is 0 Å². The van der Waals surface area contributed by atoms with Gasteiger partial charge in [0.15, 0.2) is 0 Å². The number of carboxylic acids is 1. The molecular formula is C11H16N2O3. The quantitative estimate of drug-likeness (QED) is 0.774. The highest BCUT2D eigenvalue weighted by molar-refractivity contribution is 5.73. The van der Waals surface area contributed by atoms with Crippen LogP contribution in [0.15, 0.2) is 23.1 Å². The van der Waals surface area contributed by atoms with Crippen molar-refractivity contribution in [1.82, 2.24) is 4.57 Å². The molecule has 1 aromatic heterocycles. The standard InChI is InChI=1S/C11H16N2O3/c1-7(2)13-6-8(3-4-10(13)14)5-9(12)11(15)16/h3-4,6-7,9H,5,12H2,1-2H3,(H,15,16)/t9-/m0/s1. The first-order chi connectivity index (χ1) is 7.41. The van der Waals surface area contributed by atoms with Crippen LogP contribution in [-0.2, 0) is 11.2 Å². The molecular weight excluding hydrogens is 208 g/mol. The second kappa shape index (κ2) is 4.94. The van der Waals surface area contributed by atoms with Crippen molar-refractivity contribution in [3.05, 3.63) is 34.2 Å². The Morgan fingerprint density at radius 2 is 2.12 bits per heavy atom. The maximum atomic E-state index is 11.4. The number of aromatic nitrogens is 1. The summed E-state index contributed by atoms with van der Waals surface area (Å²) in [6, 6.07) is 2.17. The van der Waals surface area contributed by atoms with Gasteiger partial charge in [-0.25, -0.2) is 0 Å². The summed E-state index contributed by atoms with van der Waals surface area (Å²) in [5, 5.41) is 8.68. The molecule has 3 N–H and O–H groups in total. The number of carboxylic acid groups (broad SMARTS) is 1. The number of nitrogens with two attached hydrogens (primary N) is 1. The van der Waals surface area contributed by atoms with Crippen LogP contribution < -0.4 is 11.3 Å². The van der Waals surface area contributed by atoms with Crippen LogP contribution in [0.2, 0.25) is 0 Å². The number of aliphatic carboxylic acids is 1. The maximum absolute atomic E-state index is 11.4. The normalized spacial score (nSPS) is 12.8. The van der Waals surface area contributed by atoms with E-state index in [1.165, 1.54) is 6.07 Å². The molecule has 0 unspecified atom stereocenters. The summed E-state index contributed by atoms with van der Waals surface area (Å²) in [6.45, 7) is 3.78. The smallest absolute Gasteiger partial charge is 0.320 e. The van der Waals surface area contributed by atoms with Gasteiger partial charge in [-0.3, -0.25) is 9.59 Å². The lowest BCUT2D eigenvalue weighted by molar-refractivity contribution is -0.138. The van der Waals surface area contributed by atoms with Crippen LogP contribution in [0, 0.1) is 0 Å². The largest absolute Gasteiger partial charge is 0.480 e. The van der Waals surface area contributed by atoms with Gasteiger partial charge in [-0.1, -0.05) is 6.07 Å². The van der Waals surface area contributed by atoms with Gasteiger partial charge >= 0.3 is 5.97 Å². The predicted molar refractivity (Wildman–Crippen MR) is 60.4 cm³/mol. The molecule has 1 atom stereocenters. The monoisotopic (exact) mass is 224 g/mol. The fourth-order valence-corrected chi connectivity index (χ4v) is 1.42. The van der Waals surface area contributed by atoms with E-state index in [0.29, 0.717) is 0 Å². The highest BCUT2D eigenvalue weighted by Crippen LogP contribution is 2.05. The van der Waals surface area contributed by atoms with Crippen LogP contribution in [-0.4, -0.2) is 21.7 Å². The molecule has 0 aromatic carbocycles. The zero-order valence-electron chi connectivity index (χ0n) is 9.38. The zero-order chi connectivity index (χ0) is 12.3. The van der Waals surface area contributed by atoms with Crippen molar-refractivity contribution >= 4 is 5.97 Å². The average Bonchev–Trinajstić information content (AvgIpc) is 2.20. The lowest BCUT2D eigenvalue weighted by Crippen LogP contribution is -2.33. The van der Waals surface area contributed by atoms with E-state index in [2.05, 4.69) is 0 Å². The fraction of sp³-hybridized carbons (Fsp3) is 0.455. The molecule has 1 aromatic rings. The zero-order valence-corrected chi connectivity index (χ0v) is 9.38. The molecule has 0 amide bonds. The second-order valence-corrected chi connectivity index (χ2v) is 4.03. The fourth-order valence-electron chi connectivity index (χ4n) is 1.42. The molecule has 88 valence electrons. The Kier molecular flexibility index (Phi) is 3.84. The number of hydrogen-bond donors (Lipinski definition) is 2. The number of hydrogen-bond acceptors (Lipinski definition) is 3. The number of pyridine rings is 1. The molecule has 0 saturated heterocycles. The lowest BCUT2D eigenvalue weighted by atomic mass is 10.1. The average molecular weight is 224 g/mol. The maximum Gasteiger partial charge on any atom is 0.320 e. The molecule has 1 heterocycles. The number of rotatable bonds is 4. The van der Waals surface area contributed by atoms with Crippen molar-refractivity contribution in [1.29, 1.82) is 0 Å². The van der Waals surface area contributed by atoms with Gasteiger partial charge in [0.25, 0.3) is 5.56 Å². The van der Waals surface area contributed by atoms with Gasteiger partial charge in [-0.15, -0.1) is 0 Å². The van der Waals surface area contributed by atoms with Crippen molar-refractivity contribution < 1.29 is 9.90 Å². The first-order valence-electron chi connectivity index (χ1n) is 5.11. The molecule has 0 bridgehead atoms. The van der Waals surface area contributed by atoms with Crippen molar-refractivity contribution in [3.63, 3.8) is 0 Å². The molecule has 0 aliphatic heterocycles. The molecule has 0 saturated carbocycles. The third-order valence-corrected chi connectivity index (χ3v) is 2.33. The molecule has 16 heavy (non-hydrogen) atoms. The van der Waals surface area contributed by atoms with Gasteiger partial charge in [0.05, 0.1) is 0 Å². The Morgan fingerprint density at radius 3 is 2.62 bits per heavy atom. The highest BCUT2D eigenvalue weighted by Gasteiger charge is 2.13. The Labute approximate surface area is 93.5 Å². The molecule has 5 nitrogen and oxygen atoms in total. The SMILES string of the molecule is CC(C)n1cc(C[C@H](N)C(=O)O)ccc1=O. The first-order valence-corrected chi connectivity index (χ1v) is 5.11. The minimum atomic E-state index is -1.04. The Morgan fingerprint density at radius 1 is 1.50 bits per heavy atom. The third-order valence-electron chi connectivity index (χ3n) is 2.33. The minimum absolute atomic E-state index is 0.0495. The second-order valence-electron chi connectivity index (χ2n) is 4.03. The van der Waals surface area contributed by atoms with Gasteiger partial charge in [0.2, 0.25) is 0 Å².